The van der Waals surface area contributed by atoms with Gasteiger partial charge >= 0.3 is 5.97 Å². The lowest BCUT2D eigenvalue weighted by molar-refractivity contribution is -0.139. The van der Waals surface area contributed by atoms with E-state index in [0.717, 1.165) is 18.4 Å². The predicted molar refractivity (Wildman–Crippen MR) is 87.0 cm³/mol. The number of ether oxygens (including phenoxy) is 2. The molecule has 1 unspecified atom stereocenters. The number of rotatable bonds is 10. The maximum Gasteiger partial charge on any atom is 0.320 e. The number of methoxy groups -OCH3 is 1. The molecule has 2 N–H and O–H groups in total. The van der Waals surface area contributed by atoms with Crippen LogP contribution < -0.4 is 14.8 Å². The third kappa shape index (κ3) is 5.39. The van der Waals surface area contributed by atoms with Crippen LogP contribution in [-0.2, 0) is 11.3 Å². The van der Waals surface area contributed by atoms with Crippen LogP contribution >= 0.6 is 11.6 Å². The first-order valence-corrected chi connectivity index (χ1v) is 7.86. The number of benzene rings is 1. The Morgan fingerprint density at radius 2 is 2.14 bits per heavy atom. The second-order valence-electron chi connectivity index (χ2n) is 4.96. The van der Waals surface area contributed by atoms with Crippen LogP contribution in [0.3, 0.4) is 0 Å². The van der Waals surface area contributed by atoms with Gasteiger partial charge in [-0.25, -0.2) is 0 Å². The van der Waals surface area contributed by atoms with Gasteiger partial charge in [0.15, 0.2) is 11.5 Å². The summed E-state index contributed by atoms with van der Waals surface area (Å²) in [6.45, 7) is 4.81. The normalized spacial score (nSPS) is 12.0. The highest BCUT2D eigenvalue weighted by Gasteiger charge is 2.17. The zero-order valence-electron chi connectivity index (χ0n) is 13.3. The molecule has 124 valence electrons. The lowest BCUT2D eigenvalue weighted by Crippen LogP contribution is -2.36. The first-order valence-electron chi connectivity index (χ1n) is 7.48. The Morgan fingerprint density at radius 1 is 1.41 bits per heavy atom. The Hall–Kier alpha value is -1.46. The predicted octanol–water partition coefficient (Wildman–Crippen LogP) is 3.48. The quantitative estimate of drug-likeness (QED) is 0.688. The van der Waals surface area contributed by atoms with Gasteiger partial charge in [-0.05, 0) is 31.0 Å². The minimum atomic E-state index is -0.836. The molecular formula is C16H24ClNO4. The zero-order chi connectivity index (χ0) is 16.5. The van der Waals surface area contributed by atoms with Crippen molar-refractivity contribution in [1.29, 1.82) is 0 Å². The molecule has 0 aliphatic rings. The molecule has 0 aliphatic heterocycles. The van der Waals surface area contributed by atoms with E-state index in [2.05, 4.69) is 5.32 Å². The van der Waals surface area contributed by atoms with Crippen LogP contribution in [0.2, 0.25) is 5.02 Å². The molecule has 0 heterocycles. The Bertz CT molecular complexity index is 493. The van der Waals surface area contributed by atoms with Crippen molar-refractivity contribution in [2.75, 3.05) is 13.7 Å². The summed E-state index contributed by atoms with van der Waals surface area (Å²) in [6, 6.07) is 3.01. The van der Waals surface area contributed by atoms with E-state index in [1.165, 1.54) is 0 Å². The van der Waals surface area contributed by atoms with Gasteiger partial charge in [-0.15, -0.1) is 0 Å². The summed E-state index contributed by atoms with van der Waals surface area (Å²) in [5.41, 5.74) is 0.855. The van der Waals surface area contributed by atoms with Gasteiger partial charge in [-0.2, -0.15) is 0 Å². The van der Waals surface area contributed by atoms with Crippen LogP contribution in [-0.4, -0.2) is 30.8 Å². The standard InChI is InChI=1S/C16H24ClNO4/c1-4-6-7-13(16(19)20)18-10-11-8-12(17)15(22-5-2)14(9-11)21-3/h8-9,13,18H,4-7,10H2,1-3H3,(H,19,20). The molecule has 6 heteroatoms. The summed E-state index contributed by atoms with van der Waals surface area (Å²) in [5, 5.41) is 12.7. The Morgan fingerprint density at radius 3 is 2.68 bits per heavy atom. The van der Waals surface area contributed by atoms with Crippen LogP contribution in [0.1, 0.15) is 38.7 Å². The summed E-state index contributed by atoms with van der Waals surface area (Å²) in [4.78, 5) is 11.2. The van der Waals surface area contributed by atoms with Crippen molar-refractivity contribution in [2.24, 2.45) is 0 Å². The third-order valence-corrected chi connectivity index (χ3v) is 3.56. The number of carboxylic acids is 1. The van der Waals surface area contributed by atoms with E-state index in [1.807, 2.05) is 19.9 Å². The van der Waals surface area contributed by atoms with E-state index >= 15 is 0 Å². The van der Waals surface area contributed by atoms with E-state index in [-0.39, 0.29) is 0 Å². The molecule has 0 amide bonds. The molecule has 1 atom stereocenters. The largest absolute Gasteiger partial charge is 0.493 e. The number of unbranched alkanes of at least 4 members (excludes halogenated alkanes) is 1. The molecule has 0 fully saturated rings. The van der Waals surface area contributed by atoms with Gasteiger partial charge in [0, 0.05) is 6.54 Å². The maximum atomic E-state index is 11.2. The SMILES string of the molecule is CCCCC(NCc1cc(Cl)c(OCC)c(OC)c1)C(=O)O. The summed E-state index contributed by atoms with van der Waals surface area (Å²) in [6.07, 6.45) is 2.44. The fourth-order valence-electron chi connectivity index (χ4n) is 2.12. The molecule has 0 bridgehead atoms. The summed E-state index contributed by atoms with van der Waals surface area (Å²) in [7, 11) is 1.55. The van der Waals surface area contributed by atoms with Gasteiger partial charge in [0.1, 0.15) is 6.04 Å². The molecular weight excluding hydrogens is 306 g/mol. The van der Waals surface area contributed by atoms with Crippen molar-refractivity contribution in [1.82, 2.24) is 5.32 Å². The monoisotopic (exact) mass is 329 g/mol. The molecule has 1 rings (SSSR count). The smallest absolute Gasteiger partial charge is 0.320 e. The zero-order valence-corrected chi connectivity index (χ0v) is 14.1. The topological polar surface area (TPSA) is 67.8 Å². The third-order valence-electron chi connectivity index (χ3n) is 3.27. The molecule has 1 aromatic carbocycles. The van der Waals surface area contributed by atoms with Gasteiger partial charge in [-0.3, -0.25) is 4.79 Å². The van der Waals surface area contributed by atoms with E-state index < -0.39 is 12.0 Å². The second-order valence-corrected chi connectivity index (χ2v) is 5.36. The first-order chi connectivity index (χ1) is 10.5. The second kappa shape index (κ2) is 9.54. The first kappa shape index (κ1) is 18.6. The summed E-state index contributed by atoms with van der Waals surface area (Å²) < 4.78 is 10.7. The number of aliphatic carboxylic acids is 1. The fourth-order valence-corrected chi connectivity index (χ4v) is 2.41. The lowest BCUT2D eigenvalue weighted by atomic mass is 10.1. The minimum Gasteiger partial charge on any atom is -0.493 e. The number of carbonyl (C=O) groups is 1. The molecule has 22 heavy (non-hydrogen) atoms. The number of hydrogen-bond acceptors (Lipinski definition) is 4. The maximum absolute atomic E-state index is 11.2. The number of halogens is 1. The van der Waals surface area contributed by atoms with E-state index in [4.69, 9.17) is 21.1 Å². The van der Waals surface area contributed by atoms with Crippen molar-refractivity contribution in [3.05, 3.63) is 22.7 Å². The van der Waals surface area contributed by atoms with Gasteiger partial charge in [0.2, 0.25) is 0 Å². The summed E-state index contributed by atoms with van der Waals surface area (Å²) >= 11 is 6.20. The molecule has 5 nitrogen and oxygen atoms in total. The number of nitrogens with one attached hydrogen (secondary N) is 1. The Labute approximate surface area is 136 Å². The molecule has 0 saturated heterocycles. The fraction of sp³-hybridized carbons (Fsp3) is 0.562. The average molecular weight is 330 g/mol. The minimum absolute atomic E-state index is 0.406. The van der Waals surface area contributed by atoms with E-state index in [0.29, 0.717) is 36.1 Å². The lowest BCUT2D eigenvalue weighted by Gasteiger charge is -2.16. The van der Waals surface area contributed by atoms with Gasteiger partial charge < -0.3 is 19.9 Å². The van der Waals surface area contributed by atoms with Crippen molar-refractivity contribution in [2.45, 2.75) is 45.7 Å². The van der Waals surface area contributed by atoms with Gasteiger partial charge in [0.25, 0.3) is 0 Å². The summed E-state index contributed by atoms with van der Waals surface area (Å²) in [5.74, 6) is 0.222. The van der Waals surface area contributed by atoms with E-state index in [1.54, 1.807) is 13.2 Å². The van der Waals surface area contributed by atoms with Crippen molar-refractivity contribution in [3.63, 3.8) is 0 Å². The molecule has 0 aliphatic carbocycles. The highest BCUT2D eigenvalue weighted by molar-refractivity contribution is 6.32. The average Bonchev–Trinajstić information content (AvgIpc) is 2.49. The van der Waals surface area contributed by atoms with Crippen LogP contribution in [0, 0.1) is 0 Å². The molecule has 0 radical (unpaired) electrons. The van der Waals surface area contributed by atoms with Crippen LogP contribution in [0.15, 0.2) is 12.1 Å². The van der Waals surface area contributed by atoms with Crippen molar-refractivity contribution in [3.8, 4) is 11.5 Å². The Kier molecular flexibility index (Phi) is 8.06. The molecule has 1 aromatic rings. The van der Waals surface area contributed by atoms with Crippen LogP contribution in [0.4, 0.5) is 0 Å². The van der Waals surface area contributed by atoms with Gasteiger partial charge in [-0.1, -0.05) is 31.4 Å². The molecule has 0 aromatic heterocycles. The Balaban J connectivity index is 2.80. The van der Waals surface area contributed by atoms with Gasteiger partial charge in [0.05, 0.1) is 18.7 Å². The number of hydrogen-bond donors (Lipinski definition) is 2. The van der Waals surface area contributed by atoms with Crippen LogP contribution in [0.25, 0.3) is 0 Å². The van der Waals surface area contributed by atoms with E-state index in [9.17, 15) is 9.90 Å². The van der Waals surface area contributed by atoms with Crippen LogP contribution in [0.5, 0.6) is 11.5 Å². The number of carboxylic acid groups (broad SMARTS) is 1. The highest BCUT2D eigenvalue weighted by Crippen LogP contribution is 2.36. The molecule has 0 saturated carbocycles. The molecule has 0 spiro atoms. The van der Waals surface area contributed by atoms with Crippen molar-refractivity contribution >= 4 is 17.6 Å². The highest BCUT2D eigenvalue weighted by atomic mass is 35.5. The van der Waals surface area contributed by atoms with Crippen molar-refractivity contribution < 1.29 is 19.4 Å².